The number of hydrogen-bond donors (Lipinski definition) is 1. The van der Waals surface area contributed by atoms with E-state index in [0.29, 0.717) is 13.2 Å². The van der Waals surface area contributed by atoms with Gasteiger partial charge in [0, 0.05) is 0 Å². The van der Waals surface area contributed by atoms with E-state index in [0.717, 1.165) is 0 Å². The van der Waals surface area contributed by atoms with Crippen LogP contribution in [0.5, 0.6) is 0 Å². The van der Waals surface area contributed by atoms with Crippen LogP contribution in [0.3, 0.4) is 0 Å². The zero-order chi connectivity index (χ0) is 10.8. The predicted molar refractivity (Wildman–Crippen MR) is 53.6 cm³/mol. The lowest BCUT2D eigenvalue weighted by Gasteiger charge is -2.22. The smallest absolute Gasteiger partial charge is 0.408 e. The Balaban J connectivity index is 2.33. The van der Waals surface area contributed by atoms with Gasteiger partial charge in [-0.1, -0.05) is 0 Å². The first-order chi connectivity index (χ1) is 6.38. The van der Waals surface area contributed by atoms with Crippen molar-refractivity contribution in [3.8, 4) is 0 Å². The van der Waals surface area contributed by atoms with Crippen LogP contribution in [-0.2, 0) is 9.47 Å². The summed E-state index contributed by atoms with van der Waals surface area (Å²) in [5, 5.41) is 2.50. The summed E-state index contributed by atoms with van der Waals surface area (Å²) < 4.78 is 10.2. The van der Waals surface area contributed by atoms with E-state index in [1.165, 1.54) is 0 Å². The maximum absolute atomic E-state index is 11.3. The number of carbonyl (C=O) groups excluding carboxylic acids is 1. The first-order valence-electron chi connectivity index (χ1n) is 4.60. The minimum absolute atomic E-state index is 0.147. The van der Waals surface area contributed by atoms with Crippen molar-refractivity contribution in [2.75, 3.05) is 13.2 Å². The van der Waals surface area contributed by atoms with Crippen LogP contribution < -0.4 is 5.32 Å². The van der Waals surface area contributed by atoms with E-state index >= 15 is 0 Å². The summed E-state index contributed by atoms with van der Waals surface area (Å²) >= 11 is 5.90. The molecule has 0 spiro atoms. The fourth-order valence-corrected chi connectivity index (χ4v) is 1.34. The minimum atomic E-state index is -0.481. The van der Waals surface area contributed by atoms with Crippen LogP contribution in [0.2, 0.25) is 0 Å². The molecule has 0 radical (unpaired) electrons. The zero-order valence-electron chi connectivity index (χ0n) is 8.67. The minimum Gasteiger partial charge on any atom is -0.444 e. The molecule has 1 aliphatic rings. The second kappa shape index (κ2) is 4.36. The quantitative estimate of drug-likeness (QED) is 0.683. The maximum atomic E-state index is 11.3. The topological polar surface area (TPSA) is 47.6 Å². The Labute approximate surface area is 88.9 Å². The molecule has 14 heavy (non-hydrogen) atoms. The van der Waals surface area contributed by atoms with Gasteiger partial charge >= 0.3 is 6.09 Å². The Bertz CT molecular complexity index is 215. The highest BCUT2D eigenvalue weighted by Gasteiger charge is 2.29. The largest absolute Gasteiger partial charge is 0.444 e. The summed E-state index contributed by atoms with van der Waals surface area (Å²) in [6, 6.07) is -0.147. The zero-order valence-corrected chi connectivity index (χ0v) is 9.43. The van der Waals surface area contributed by atoms with Gasteiger partial charge in [-0.15, -0.1) is 11.6 Å². The molecule has 1 rings (SSSR count). The third-order valence-electron chi connectivity index (χ3n) is 1.71. The highest BCUT2D eigenvalue weighted by molar-refractivity contribution is 6.21. The molecule has 1 aliphatic heterocycles. The van der Waals surface area contributed by atoms with Crippen LogP contribution in [0.4, 0.5) is 4.79 Å². The fourth-order valence-electron chi connectivity index (χ4n) is 1.12. The van der Waals surface area contributed by atoms with E-state index in [1.54, 1.807) is 0 Å². The van der Waals surface area contributed by atoms with E-state index in [4.69, 9.17) is 21.1 Å². The summed E-state index contributed by atoms with van der Waals surface area (Å²) in [5.41, 5.74) is -0.481. The average Bonchev–Trinajstić information content (AvgIpc) is 2.32. The Kier molecular flexibility index (Phi) is 3.61. The molecule has 0 saturated carbocycles. The number of rotatable bonds is 1. The van der Waals surface area contributed by atoms with Gasteiger partial charge in [-0.05, 0) is 20.8 Å². The molecule has 0 aromatic carbocycles. The van der Waals surface area contributed by atoms with E-state index in [1.807, 2.05) is 20.8 Å². The number of alkyl carbamates (subject to hydrolysis) is 1. The molecule has 1 N–H and O–H groups in total. The Hall–Kier alpha value is -0.480. The molecule has 0 aromatic rings. The van der Waals surface area contributed by atoms with Gasteiger partial charge in [0.2, 0.25) is 0 Å². The summed E-state index contributed by atoms with van der Waals surface area (Å²) in [6.45, 7) is 6.37. The summed E-state index contributed by atoms with van der Waals surface area (Å²) in [5.74, 6) is 0. The van der Waals surface area contributed by atoms with Crippen molar-refractivity contribution in [2.45, 2.75) is 37.8 Å². The first kappa shape index (κ1) is 11.6. The molecule has 4 nitrogen and oxygen atoms in total. The van der Waals surface area contributed by atoms with E-state index in [2.05, 4.69) is 5.32 Å². The SMILES string of the molecule is CC(C)(C)OC(=O)NC1COCC1Cl. The molecule has 1 saturated heterocycles. The fraction of sp³-hybridized carbons (Fsp3) is 0.889. The van der Waals surface area contributed by atoms with Crippen LogP contribution in [0, 0.1) is 0 Å². The van der Waals surface area contributed by atoms with E-state index < -0.39 is 11.7 Å². The normalized spacial score (nSPS) is 27.4. The van der Waals surface area contributed by atoms with Crippen LogP contribution in [0.15, 0.2) is 0 Å². The van der Waals surface area contributed by atoms with Crippen LogP contribution in [-0.4, -0.2) is 36.3 Å². The van der Waals surface area contributed by atoms with Crippen molar-refractivity contribution in [3.05, 3.63) is 0 Å². The van der Waals surface area contributed by atoms with Gasteiger partial charge in [0.25, 0.3) is 0 Å². The molecule has 2 unspecified atom stereocenters. The molecule has 5 heteroatoms. The molecule has 1 fully saturated rings. The van der Waals surface area contributed by atoms with Crippen molar-refractivity contribution in [1.82, 2.24) is 5.32 Å². The Morgan fingerprint density at radius 2 is 2.14 bits per heavy atom. The van der Waals surface area contributed by atoms with Crippen LogP contribution >= 0.6 is 11.6 Å². The van der Waals surface area contributed by atoms with Crippen molar-refractivity contribution < 1.29 is 14.3 Å². The molecule has 1 heterocycles. The lowest BCUT2D eigenvalue weighted by Crippen LogP contribution is -2.43. The van der Waals surface area contributed by atoms with Gasteiger partial charge in [0.15, 0.2) is 0 Å². The number of halogens is 1. The molecule has 0 bridgehead atoms. The number of alkyl halides is 1. The number of nitrogens with one attached hydrogen (secondary N) is 1. The second-order valence-electron chi connectivity index (χ2n) is 4.31. The standard InChI is InChI=1S/C9H16ClNO3/c1-9(2,3)14-8(12)11-7-5-13-4-6(7)10/h6-7H,4-5H2,1-3H3,(H,11,12). The number of ether oxygens (including phenoxy) is 2. The number of hydrogen-bond acceptors (Lipinski definition) is 3. The molecule has 1 amide bonds. The van der Waals surface area contributed by atoms with Gasteiger partial charge in [0.1, 0.15) is 5.60 Å². The van der Waals surface area contributed by atoms with Crippen molar-refractivity contribution >= 4 is 17.7 Å². The van der Waals surface area contributed by atoms with Crippen molar-refractivity contribution in [2.24, 2.45) is 0 Å². The molecule has 0 aliphatic carbocycles. The maximum Gasteiger partial charge on any atom is 0.408 e. The molecule has 82 valence electrons. The number of amides is 1. The van der Waals surface area contributed by atoms with Crippen LogP contribution in [0.1, 0.15) is 20.8 Å². The highest BCUT2D eigenvalue weighted by atomic mass is 35.5. The van der Waals surface area contributed by atoms with Crippen LogP contribution in [0.25, 0.3) is 0 Å². The van der Waals surface area contributed by atoms with Gasteiger partial charge < -0.3 is 14.8 Å². The summed E-state index contributed by atoms with van der Waals surface area (Å²) in [6.07, 6.45) is -0.446. The third-order valence-corrected chi connectivity index (χ3v) is 2.14. The first-order valence-corrected chi connectivity index (χ1v) is 5.03. The number of carbonyl (C=O) groups is 1. The Morgan fingerprint density at radius 3 is 2.57 bits per heavy atom. The molecule has 2 atom stereocenters. The Morgan fingerprint density at radius 1 is 1.50 bits per heavy atom. The molecular weight excluding hydrogens is 206 g/mol. The summed E-state index contributed by atoms with van der Waals surface area (Å²) in [4.78, 5) is 11.3. The second-order valence-corrected chi connectivity index (χ2v) is 4.87. The van der Waals surface area contributed by atoms with E-state index in [9.17, 15) is 4.79 Å². The lowest BCUT2D eigenvalue weighted by molar-refractivity contribution is 0.0499. The van der Waals surface area contributed by atoms with Crippen molar-refractivity contribution in [1.29, 1.82) is 0 Å². The van der Waals surface area contributed by atoms with E-state index in [-0.39, 0.29) is 11.4 Å². The monoisotopic (exact) mass is 221 g/mol. The molecule has 0 aromatic heterocycles. The lowest BCUT2D eigenvalue weighted by atomic mass is 10.2. The molecular formula is C9H16ClNO3. The highest BCUT2D eigenvalue weighted by Crippen LogP contribution is 2.13. The van der Waals surface area contributed by atoms with Gasteiger partial charge in [-0.2, -0.15) is 0 Å². The third kappa shape index (κ3) is 3.72. The van der Waals surface area contributed by atoms with Gasteiger partial charge in [-0.3, -0.25) is 0 Å². The van der Waals surface area contributed by atoms with Gasteiger partial charge in [-0.25, -0.2) is 4.79 Å². The van der Waals surface area contributed by atoms with Crippen molar-refractivity contribution in [3.63, 3.8) is 0 Å². The van der Waals surface area contributed by atoms with Gasteiger partial charge in [0.05, 0.1) is 24.6 Å². The summed E-state index contributed by atoms with van der Waals surface area (Å²) in [7, 11) is 0. The predicted octanol–water partition coefficient (Wildman–Crippen LogP) is 1.52. The average molecular weight is 222 g/mol.